The molecule has 0 spiro atoms. The Labute approximate surface area is 184 Å². The Balaban J connectivity index is 1.34. The average Bonchev–Trinajstić information content (AvgIpc) is 3.28. The standard InChI is InChI=1S/C27H33NOS/c1-26-15-13-22-25(30-24(28-22)16-17-6-4-3-5-7-17)21(26)9-8-18-19-10-11-23(29)27(19,2)14-12-20(18)26/h3-7,9,18-20,23,29H,8,10-16H2,1-2H3/t18-,19-,20-,23?,26+,27-/m0/s1. The molecule has 3 heteroatoms. The first-order valence-electron chi connectivity index (χ1n) is 11.9. The second-order valence-corrected chi connectivity index (χ2v) is 11.9. The Morgan fingerprint density at radius 3 is 2.73 bits per heavy atom. The molecule has 4 aliphatic carbocycles. The molecule has 1 aromatic carbocycles. The van der Waals surface area contributed by atoms with Gasteiger partial charge in [0.25, 0.3) is 0 Å². The molecule has 1 heterocycles. The molecule has 1 aromatic heterocycles. The van der Waals surface area contributed by atoms with Gasteiger partial charge in [-0.15, -0.1) is 11.3 Å². The van der Waals surface area contributed by atoms with Crippen molar-refractivity contribution < 1.29 is 5.11 Å². The molecule has 0 radical (unpaired) electrons. The van der Waals surface area contributed by atoms with Gasteiger partial charge in [0.05, 0.1) is 21.7 Å². The van der Waals surface area contributed by atoms with E-state index < -0.39 is 0 Å². The second kappa shape index (κ2) is 6.77. The van der Waals surface area contributed by atoms with Crippen molar-refractivity contribution in [1.82, 2.24) is 4.98 Å². The number of aryl methyl sites for hydroxylation is 1. The van der Waals surface area contributed by atoms with E-state index in [1.807, 2.05) is 11.3 Å². The molecule has 6 atom stereocenters. The van der Waals surface area contributed by atoms with Gasteiger partial charge in [0, 0.05) is 6.42 Å². The van der Waals surface area contributed by atoms with Gasteiger partial charge in [-0.05, 0) is 84.7 Å². The third-order valence-electron chi connectivity index (χ3n) is 9.48. The summed E-state index contributed by atoms with van der Waals surface area (Å²) >= 11 is 1.95. The van der Waals surface area contributed by atoms with Crippen molar-refractivity contribution in [3.63, 3.8) is 0 Å². The summed E-state index contributed by atoms with van der Waals surface area (Å²) in [6, 6.07) is 10.8. The molecule has 30 heavy (non-hydrogen) atoms. The van der Waals surface area contributed by atoms with Crippen LogP contribution in [-0.4, -0.2) is 16.2 Å². The van der Waals surface area contributed by atoms with Gasteiger partial charge < -0.3 is 5.11 Å². The molecule has 0 bridgehead atoms. The molecule has 2 saturated carbocycles. The first-order chi connectivity index (χ1) is 14.5. The van der Waals surface area contributed by atoms with Crippen molar-refractivity contribution in [2.24, 2.45) is 28.6 Å². The minimum atomic E-state index is -0.0818. The van der Waals surface area contributed by atoms with Crippen molar-refractivity contribution in [3.8, 4) is 0 Å². The topological polar surface area (TPSA) is 33.1 Å². The van der Waals surface area contributed by atoms with Gasteiger partial charge in [-0.3, -0.25) is 0 Å². The monoisotopic (exact) mass is 419 g/mol. The zero-order chi connectivity index (χ0) is 20.5. The summed E-state index contributed by atoms with van der Waals surface area (Å²) in [5.74, 6) is 2.24. The van der Waals surface area contributed by atoms with Gasteiger partial charge in [0.15, 0.2) is 0 Å². The summed E-state index contributed by atoms with van der Waals surface area (Å²) in [7, 11) is 0. The van der Waals surface area contributed by atoms with E-state index in [0.29, 0.717) is 11.3 Å². The van der Waals surface area contributed by atoms with Gasteiger partial charge in [-0.2, -0.15) is 0 Å². The van der Waals surface area contributed by atoms with Crippen LogP contribution in [-0.2, 0) is 12.8 Å². The number of benzene rings is 1. The number of aliphatic hydroxyl groups is 1. The van der Waals surface area contributed by atoms with Crippen molar-refractivity contribution in [2.45, 2.75) is 71.3 Å². The van der Waals surface area contributed by atoms with E-state index in [4.69, 9.17) is 4.98 Å². The maximum Gasteiger partial charge on any atom is 0.0978 e. The van der Waals surface area contributed by atoms with E-state index in [1.165, 1.54) is 53.2 Å². The van der Waals surface area contributed by atoms with Gasteiger partial charge in [0.2, 0.25) is 0 Å². The molecule has 1 N–H and O–H groups in total. The zero-order valence-electron chi connectivity index (χ0n) is 18.2. The van der Waals surface area contributed by atoms with Gasteiger partial charge in [-0.25, -0.2) is 4.98 Å². The molecule has 2 nitrogen and oxygen atoms in total. The zero-order valence-corrected chi connectivity index (χ0v) is 19.0. The lowest BCUT2D eigenvalue weighted by atomic mass is 9.48. The average molecular weight is 420 g/mol. The van der Waals surface area contributed by atoms with Gasteiger partial charge >= 0.3 is 0 Å². The summed E-state index contributed by atoms with van der Waals surface area (Å²) in [5.41, 5.74) is 4.78. The van der Waals surface area contributed by atoms with E-state index >= 15 is 0 Å². The number of hydrogen-bond acceptors (Lipinski definition) is 3. The van der Waals surface area contributed by atoms with E-state index in [9.17, 15) is 5.11 Å². The molecule has 4 aliphatic rings. The molecule has 158 valence electrons. The summed E-state index contributed by atoms with van der Waals surface area (Å²) in [6.45, 7) is 4.94. The number of aliphatic hydroxyl groups excluding tert-OH is 1. The minimum absolute atomic E-state index is 0.0818. The number of allylic oxidation sites excluding steroid dienone is 2. The minimum Gasteiger partial charge on any atom is -0.393 e. The summed E-state index contributed by atoms with van der Waals surface area (Å²) in [6.07, 6.45) is 11.8. The largest absolute Gasteiger partial charge is 0.393 e. The molecular weight excluding hydrogens is 386 g/mol. The van der Waals surface area contributed by atoms with Crippen LogP contribution in [0.15, 0.2) is 36.4 Å². The lowest BCUT2D eigenvalue weighted by Gasteiger charge is -2.56. The Kier molecular flexibility index (Phi) is 4.35. The van der Waals surface area contributed by atoms with Crippen molar-refractivity contribution in [2.75, 3.05) is 0 Å². The first-order valence-corrected chi connectivity index (χ1v) is 12.7. The SMILES string of the molecule is C[C@]12CCc3nc(Cc4ccccc4)sc3C1=CC[C@@H]1[C@@H]2CC[C@]2(C)C(O)CC[C@@H]12. The normalized spacial score (nSPS) is 39.5. The highest BCUT2D eigenvalue weighted by molar-refractivity contribution is 7.13. The molecular formula is C27H33NOS. The summed E-state index contributed by atoms with van der Waals surface area (Å²) in [5, 5.41) is 12.0. The first kappa shape index (κ1) is 19.3. The third kappa shape index (κ3) is 2.67. The van der Waals surface area contributed by atoms with Crippen molar-refractivity contribution >= 4 is 16.9 Å². The fourth-order valence-corrected chi connectivity index (χ4v) is 9.07. The Morgan fingerprint density at radius 2 is 1.90 bits per heavy atom. The van der Waals surface area contributed by atoms with E-state index in [1.54, 1.807) is 5.57 Å². The number of fused-ring (bicyclic) bond motifs is 7. The summed E-state index contributed by atoms with van der Waals surface area (Å²) in [4.78, 5) is 6.58. The van der Waals surface area contributed by atoms with Crippen molar-refractivity contribution in [1.29, 1.82) is 0 Å². The maximum atomic E-state index is 10.7. The van der Waals surface area contributed by atoms with Crippen LogP contribution in [0.2, 0.25) is 0 Å². The highest BCUT2D eigenvalue weighted by atomic mass is 32.1. The van der Waals surface area contributed by atoms with E-state index in [-0.39, 0.29) is 11.5 Å². The lowest BCUT2D eigenvalue weighted by Crippen LogP contribution is -2.50. The molecule has 0 saturated heterocycles. The Morgan fingerprint density at radius 1 is 1.07 bits per heavy atom. The number of nitrogens with zero attached hydrogens (tertiary/aromatic N) is 1. The predicted octanol–water partition coefficient (Wildman–Crippen LogP) is 6.28. The third-order valence-corrected chi connectivity index (χ3v) is 10.6. The Hall–Kier alpha value is -1.45. The fraction of sp³-hybridized carbons (Fsp3) is 0.593. The van der Waals surface area contributed by atoms with Crippen LogP contribution in [0.25, 0.3) is 5.57 Å². The van der Waals surface area contributed by atoms with Crippen LogP contribution in [0.5, 0.6) is 0 Å². The highest BCUT2D eigenvalue weighted by Crippen LogP contribution is 2.66. The molecule has 0 amide bonds. The number of thiazole rings is 1. The smallest absolute Gasteiger partial charge is 0.0978 e. The molecule has 0 aliphatic heterocycles. The van der Waals surface area contributed by atoms with Crippen LogP contribution in [0.1, 0.15) is 73.5 Å². The highest BCUT2D eigenvalue weighted by Gasteiger charge is 2.58. The molecule has 2 aromatic rings. The van der Waals surface area contributed by atoms with Crippen molar-refractivity contribution in [3.05, 3.63) is 57.6 Å². The summed E-state index contributed by atoms with van der Waals surface area (Å²) < 4.78 is 0. The molecule has 6 rings (SSSR count). The van der Waals surface area contributed by atoms with Crippen LogP contribution in [0.3, 0.4) is 0 Å². The van der Waals surface area contributed by atoms with Crippen LogP contribution < -0.4 is 0 Å². The Bertz CT molecular complexity index is 994. The van der Waals surface area contributed by atoms with E-state index in [0.717, 1.165) is 31.1 Å². The number of hydrogen-bond donors (Lipinski definition) is 1. The predicted molar refractivity (Wildman–Crippen MR) is 123 cm³/mol. The molecule has 1 unspecified atom stereocenters. The van der Waals surface area contributed by atoms with E-state index in [2.05, 4.69) is 50.3 Å². The van der Waals surface area contributed by atoms with Gasteiger partial charge in [0.1, 0.15) is 0 Å². The molecule has 2 fully saturated rings. The maximum absolute atomic E-state index is 10.7. The van der Waals surface area contributed by atoms with Crippen LogP contribution in [0.4, 0.5) is 0 Å². The fourth-order valence-electron chi connectivity index (χ4n) is 7.74. The van der Waals surface area contributed by atoms with Crippen LogP contribution in [0, 0.1) is 28.6 Å². The van der Waals surface area contributed by atoms with Gasteiger partial charge in [-0.1, -0.05) is 50.3 Å². The van der Waals surface area contributed by atoms with Crippen LogP contribution >= 0.6 is 11.3 Å². The number of aromatic nitrogens is 1. The quantitative estimate of drug-likeness (QED) is 0.622. The lowest BCUT2D eigenvalue weighted by molar-refractivity contribution is -0.0579. The second-order valence-electron chi connectivity index (χ2n) is 10.8. The number of rotatable bonds is 2.